The molecule has 0 atom stereocenters. The Bertz CT molecular complexity index is 549. The minimum absolute atomic E-state index is 0.0329. The lowest BCUT2D eigenvalue weighted by Gasteiger charge is -2.05. The zero-order chi connectivity index (χ0) is 12.3. The van der Waals surface area contributed by atoms with E-state index in [1.165, 1.54) is 0 Å². The molecule has 0 radical (unpaired) electrons. The number of rotatable bonds is 3. The molecule has 0 saturated carbocycles. The number of ether oxygens (including phenoxy) is 1. The van der Waals surface area contributed by atoms with Crippen molar-refractivity contribution in [3.63, 3.8) is 0 Å². The second-order valence-corrected chi connectivity index (χ2v) is 3.75. The molecule has 1 heterocycles. The van der Waals surface area contributed by atoms with Gasteiger partial charge in [-0.05, 0) is 30.7 Å². The second kappa shape index (κ2) is 4.78. The van der Waals surface area contributed by atoms with Crippen LogP contribution in [0.1, 0.15) is 21.5 Å². The van der Waals surface area contributed by atoms with E-state index in [-0.39, 0.29) is 5.78 Å². The number of ketones is 1. The molecule has 17 heavy (non-hydrogen) atoms. The van der Waals surface area contributed by atoms with E-state index in [0.29, 0.717) is 16.9 Å². The van der Waals surface area contributed by atoms with Crippen LogP contribution in [0.25, 0.3) is 0 Å². The second-order valence-electron chi connectivity index (χ2n) is 3.75. The number of hydrogen-bond donors (Lipinski definition) is 0. The number of benzene rings is 1. The maximum atomic E-state index is 12.2. The third-order valence-corrected chi connectivity index (χ3v) is 2.62. The van der Waals surface area contributed by atoms with Crippen LogP contribution in [-0.2, 0) is 0 Å². The number of pyridine rings is 1. The zero-order valence-corrected chi connectivity index (χ0v) is 9.81. The monoisotopic (exact) mass is 227 g/mol. The summed E-state index contributed by atoms with van der Waals surface area (Å²) >= 11 is 0. The molecule has 0 saturated heterocycles. The van der Waals surface area contributed by atoms with E-state index >= 15 is 0 Å². The van der Waals surface area contributed by atoms with Crippen molar-refractivity contribution in [3.8, 4) is 5.75 Å². The summed E-state index contributed by atoms with van der Waals surface area (Å²) in [6.07, 6.45) is 3.27. The van der Waals surface area contributed by atoms with Gasteiger partial charge in [0.05, 0.1) is 7.11 Å². The van der Waals surface area contributed by atoms with Crippen molar-refractivity contribution in [2.24, 2.45) is 0 Å². The highest BCUT2D eigenvalue weighted by molar-refractivity contribution is 6.09. The van der Waals surface area contributed by atoms with Gasteiger partial charge in [-0.25, -0.2) is 0 Å². The quantitative estimate of drug-likeness (QED) is 0.757. The maximum absolute atomic E-state index is 12.2. The lowest BCUT2D eigenvalue weighted by Crippen LogP contribution is -2.04. The van der Waals surface area contributed by atoms with Crippen molar-refractivity contribution in [1.29, 1.82) is 0 Å². The minimum atomic E-state index is -0.0329. The van der Waals surface area contributed by atoms with Crippen LogP contribution in [0.2, 0.25) is 0 Å². The predicted octanol–water partition coefficient (Wildman–Crippen LogP) is 2.63. The zero-order valence-electron chi connectivity index (χ0n) is 9.81. The van der Waals surface area contributed by atoms with Crippen molar-refractivity contribution < 1.29 is 9.53 Å². The van der Waals surface area contributed by atoms with E-state index in [2.05, 4.69) is 4.98 Å². The summed E-state index contributed by atoms with van der Waals surface area (Å²) in [5.41, 5.74) is 2.16. The third kappa shape index (κ3) is 2.33. The van der Waals surface area contributed by atoms with Crippen molar-refractivity contribution in [2.75, 3.05) is 7.11 Å². The van der Waals surface area contributed by atoms with Gasteiger partial charge in [0.15, 0.2) is 5.78 Å². The van der Waals surface area contributed by atoms with E-state index in [1.807, 2.05) is 19.1 Å². The molecule has 3 heteroatoms. The Labute approximate surface area is 100 Å². The van der Waals surface area contributed by atoms with E-state index in [4.69, 9.17) is 4.74 Å². The molecule has 86 valence electrons. The molecule has 3 nitrogen and oxygen atoms in total. The normalized spacial score (nSPS) is 10.0. The van der Waals surface area contributed by atoms with Gasteiger partial charge in [-0.15, -0.1) is 0 Å². The summed E-state index contributed by atoms with van der Waals surface area (Å²) < 4.78 is 5.10. The summed E-state index contributed by atoms with van der Waals surface area (Å²) in [5, 5.41) is 0. The molecule has 0 spiro atoms. The molecule has 0 unspecified atom stereocenters. The summed E-state index contributed by atoms with van der Waals surface area (Å²) in [7, 11) is 1.58. The highest BCUT2D eigenvalue weighted by atomic mass is 16.5. The molecule has 0 aliphatic rings. The number of hydrogen-bond acceptors (Lipinski definition) is 3. The lowest BCUT2D eigenvalue weighted by atomic mass is 10.0. The van der Waals surface area contributed by atoms with Crippen LogP contribution in [0.5, 0.6) is 5.75 Å². The SMILES string of the molecule is COc1cccc(C(=O)c2cnccc2C)c1. The average molecular weight is 227 g/mol. The lowest BCUT2D eigenvalue weighted by molar-refractivity contribution is 0.103. The minimum Gasteiger partial charge on any atom is -0.497 e. The third-order valence-electron chi connectivity index (χ3n) is 2.62. The van der Waals surface area contributed by atoms with Crippen molar-refractivity contribution in [3.05, 3.63) is 59.4 Å². The Morgan fingerprint density at radius 3 is 2.82 bits per heavy atom. The molecule has 2 aromatic rings. The van der Waals surface area contributed by atoms with Gasteiger partial charge in [0.1, 0.15) is 5.75 Å². The largest absolute Gasteiger partial charge is 0.497 e. The van der Waals surface area contributed by atoms with Gasteiger partial charge in [-0.2, -0.15) is 0 Å². The number of carbonyl (C=O) groups is 1. The summed E-state index contributed by atoms with van der Waals surface area (Å²) in [6, 6.07) is 8.95. The first-order valence-corrected chi connectivity index (χ1v) is 5.31. The van der Waals surface area contributed by atoms with Gasteiger partial charge in [0, 0.05) is 23.5 Å². The van der Waals surface area contributed by atoms with Crippen LogP contribution >= 0.6 is 0 Å². The Balaban J connectivity index is 2.40. The number of aromatic nitrogens is 1. The standard InChI is InChI=1S/C14H13NO2/c1-10-6-7-15-9-13(10)14(16)11-4-3-5-12(8-11)17-2/h3-9H,1-2H3. The fourth-order valence-corrected chi connectivity index (χ4v) is 1.62. The first-order chi connectivity index (χ1) is 8.22. The summed E-state index contributed by atoms with van der Waals surface area (Å²) in [5.74, 6) is 0.645. The van der Waals surface area contributed by atoms with Crippen molar-refractivity contribution >= 4 is 5.78 Å². The molecule has 2 rings (SSSR count). The van der Waals surface area contributed by atoms with Gasteiger partial charge in [-0.3, -0.25) is 9.78 Å². The number of carbonyl (C=O) groups excluding carboxylic acids is 1. The Hall–Kier alpha value is -2.16. The maximum Gasteiger partial charge on any atom is 0.194 e. The fourth-order valence-electron chi connectivity index (χ4n) is 1.62. The molecule has 0 amide bonds. The highest BCUT2D eigenvalue weighted by Crippen LogP contribution is 2.17. The van der Waals surface area contributed by atoms with Gasteiger partial charge in [0.2, 0.25) is 0 Å². The Morgan fingerprint density at radius 1 is 1.29 bits per heavy atom. The van der Waals surface area contributed by atoms with E-state index in [9.17, 15) is 4.79 Å². The van der Waals surface area contributed by atoms with Gasteiger partial charge in [0.25, 0.3) is 0 Å². The van der Waals surface area contributed by atoms with Crippen LogP contribution in [0.3, 0.4) is 0 Å². The van der Waals surface area contributed by atoms with Crippen LogP contribution < -0.4 is 4.74 Å². The topological polar surface area (TPSA) is 39.2 Å². The van der Waals surface area contributed by atoms with Crippen molar-refractivity contribution in [2.45, 2.75) is 6.92 Å². The molecular formula is C14H13NO2. The number of aryl methyl sites for hydroxylation is 1. The highest BCUT2D eigenvalue weighted by Gasteiger charge is 2.12. The molecule has 0 aliphatic heterocycles. The molecule has 0 bridgehead atoms. The molecule has 1 aromatic carbocycles. The van der Waals surface area contributed by atoms with Crippen LogP contribution in [0.15, 0.2) is 42.7 Å². The predicted molar refractivity (Wildman–Crippen MR) is 65.4 cm³/mol. The van der Waals surface area contributed by atoms with Crippen LogP contribution in [0, 0.1) is 6.92 Å². The Morgan fingerprint density at radius 2 is 2.12 bits per heavy atom. The number of nitrogens with zero attached hydrogens (tertiary/aromatic N) is 1. The fraction of sp³-hybridized carbons (Fsp3) is 0.143. The molecular weight excluding hydrogens is 214 g/mol. The van der Waals surface area contributed by atoms with Crippen molar-refractivity contribution in [1.82, 2.24) is 4.98 Å². The van der Waals surface area contributed by atoms with E-state index < -0.39 is 0 Å². The summed E-state index contributed by atoms with van der Waals surface area (Å²) in [6.45, 7) is 1.90. The summed E-state index contributed by atoms with van der Waals surface area (Å²) in [4.78, 5) is 16.2. The molecule has 0 aliphatic carbocycles. The van der Waals surface area contributed by atoms with Gasteiger partial charge >= 0.3 is 0 Å². The average Bonchev–Trinajstić information content (AvgIpc) is 2.38. The smallest absolute Gasteiger partial charge is 0.194 e. The molecule has 0 fully saturated rings. The van der Waals surface area contributed by atoms with Gasteiger partial charge in [-0.1, -0.05) is 12.1 Å². The van der Waals surface area contributed by atoms with Gasteiger partial charge < -0.3 is 4.74 Å². The van der Waals surface area contributed by atoms with E-state index in [0.717, 1.165) is 5.56 Å². The molecule has 1 aromatic heterocycles. The first kappa shape index (κ1) is 11.3. The molecule has 0 N–H and O–H groups in total. The van der Waals surface area contributed by atoms with E-state index in [1.54, 1.807) is 37.7 Å². The Kier molecular flexibility index (Phi) is 3.19. The van der Waals surface area contributed by atoms with Crippen LogP contribution in [0.4, 0.5) is 0 Å². The number of methoxy groups -OCH3 is 1. The first-order valence-electron chi connectivity index (χ1n) is 5.31. The van der Waals surface area contributed by atoms with Crippen LogP contribution in [-0.4, -0.2) is 17.9 Å².